The molecule has 2 unspecified atom stereocenters. The first-order valence-electron chi connectivity index (χ1n) is 12.2. The molecule has 3 aromatic carbocycles. The van der Waals surface area contributed by atoms with Crippen molar-refractivity contribution in [2.45, 2.75) is 22.9 Å². The van der Waals surface area contributed by atoms with Crippen LogP contribution in [-0.4, -0.2) is 32.4 Å². The number of carbonyl (C=O) groups is 2. The van der Waals surface area contributed by atoms with Crippen LogP contribution in [0.3, 0.4) is 0 Å². The molecule has 2 atom stereocenters. The molecule has 212 valence electrons. The Balaban J connectivity index is 1.50. The summed E-state index contributed by atoms with van der Waals surface area (Å²) in [6, 6.07) is 18.4. The molecule has 1 aromatic heterocycles. The Morgan fingerprint density at radius 2 is 1.66 bits per heavy atom. The van der Waals surface area contributed by atoms with Crippen molar-refractivity contribution in [3.8, 4) is 0 Å². The number of amides is 1. The number of ether oxygens (including phenoxy) is 1. The zero-order valence-electron chi connectivity index (χ0n) is 21.6. The summed E-state index contributed by atoms with van der Waals surface area (Å²) in [4.78, 5) is 29.4. The van der Waals surface area contributed by atoms with Crippen molar-refractivity contribution < 1.29 is 31.5 Å². The van der Waals surface area contributed by atoms with Gasteiger partial charge in [-0.05, 0) is 71.8 Å². The summed E-state index contributed by atoms with van der Waals surface area (Å²) >= 11 is 5.93. The number of pyridine rings is 1. The zero-order valence-corrected chi connectivity index (χ0v) is 23.1. The molecule has 0 radical (unpaired) electrons. The molecular weight excluding hydrogens is 576 g/mol. The van der Waals surface area contributed by atoms with E-state index in [2.05, 4.69) is 15.6 Å². The number of nitrogens with zero attached hydrogens (tertiary/aromatic N) is 1. The summed E-state index contributed by atoms with van der Waals surface area (Å²) in [7, 11) is -2.80. The van der Waals surface area contributed by atoms with Crippen LogP contribution in [0.4, 0.5) is 8.78 Å². The number of benzene rings is 3. The van der Waals surface area contributed by atoms with Gasteiger partial charge in [-0.15, -0.1) is 0 Å². The summed E-state index contributed by atoms with van der Waals surface area (Å²) in [5, 5.41) is 4.72. The summed E-state index contributed by atoms with van der Waals surface area (Å²) in [5.74, 6) is -3.81. The van der Waals surface area contributed by atoms with Gasteiger partial charge in [0.1, 0.15) is 0 Å². The predicted molar refractivity (Wildman–Crippen MR) is 147 cm³/mol. The van der Waals surface area contributed by atoms with E-state index in [1.165, 1.54) is 48.7 Å². The van der Waals surface area contributed by atoms with Crippen LogP contribution in [0.2, 0.25) is 5.02 Å². The van der Waals surface area contributed by atoms with E-state index >= 15 is 0 Å². The minimum Gasteiger partial charge on any atom is -0.467 e. The molecular formula is C29H24ClF2N3O5S. The number of sulfone groups is 1. The van der Waals surface area contributed by atoms with Gasteiger partial charge in [-0.25, -0.2) is 22.0 Å². The molecule has 0 saturated carbocycles. The number of carbonyl (C=O) groups excluding carboxylic acids is 2. The van der Waals surface area contributed by atoms with E-state index < -0.39 is 44.8 Å². The molecule has 0 aliphatic heterocycles. The highest BCUT2D eigenvalue weighted by Crippen LogP contribution is 2.27. The number of esters is 1. The van der Waals surface area contributed by atoms with Gasteiger partial charge in [0, 0.05) is 23.3 Å². The highest BCUT2D eigenvalue weighted by atomic mass is 35.5. The number of nitrogens with one attached hydrogen (secondary N) is 2. The highest BCUT2D eigenvalue weighted by molar-refractivity contribution is 7.91. The number of methoxy groups -OCH3 is 1. The first kappa shape index (κ1) is 29.8. The first-order valence-corrected chi connectivity index (χ1v) is 14.1. The lowest BCUT2D eigenvalue weighted by Crippen LogP contribution is -2.34. The number of aromatic nitrogens is 1. The summed E-state index contributed by atoms with van der Waals surface area (Å²) in [6.45, 7) is 0.107. The third kappa shape index (κ3) is 7.12. The van der Waals surface area contributed by atoms with Crippen LogP contribution in [0.5, 0.6) is 0 Å². The highest BCUT2D eigenvalue weighted by Gasteiger charge is 2.30. The van der Waals surface area contributed by atoms with Gasteiger partial charge in [-0.1, -0.05) is 35.9 Å². The van der Waals surface area contributed by atoms with Gasteiger partial charge in [0.2, 0.25) is 0 Å². The molecule has 4 aromatic rings. The monoisotopic (exact) mass is 599 g/mol. The fourth-order valence-corrected chi connectivity index (χ4v) is 5.63. The third-order valence-corrected chi connectivity index (χ3v) is 8.32. The van der Waals surface area contributed by atoms with Crippen LogP contribution >= 0.6 is 11.6 Å². The van der Waals surface area contributed by atoms with Gasteiger partial charge in [-0.2, -0.15) is 0 Å². The van der Waals surface area contributed by atoms with Crippen LogP contribution in [-0.2, 0) is 25.9 Å². The second-order valence-electron chi connectivity index (χ2n) is 8.81. The van der Waals surface area contributed by atoms with Crippen LogP contribution in [0.15, 0.2) is 96.0 Å². The van der Waals surface area contributed by atoms with E-state index in [0.29, 0.717) is 16.3 Å². The summed E-state index contributed by atoms with van der Waals surface area (Å²) in [5.41, 5.74) is 1.12. The van der Waals surface area contributed by atoms with Crippen molar-refractivity contribution in [2.75, 3.05) is 7.11 Å². The SMILES string of the molecule is COC(=O)C(NC(=O)c1ccc(CNC(c2ccccn2)S(=O)(=O)c2ccc(Cl)cc2)cc1)c1ccc(F)c(F)c1. The standard InChI is InChI=1S/C29H24ClF2N3O5S/c1-40-29(37)26(20-9-14-23(31)24(32)16-20)35-27(36)19-7-5-18(6-8-19)17-34-28(25-4-2-3-15-33-25)41(38,39)22-12-10-21(30)11-13-22/h2-16,26,28,34H,17H2,1H3,(H,35,36). The predicted octanol–water partition coefficient (Wildman–Crippen LogP) is 4.92. The Hall–Kier alpha value is -4.19. The molecule has 12 heteroatoms. The topological polar surface area (TPSA) is 114 Å². The maximum atomic E-state index is 13.7. The van der Waals surface area contributed by atoms with E-state index in [9.17, 15) is 26.8 Å². The molecule has 0 spiro atoms. The molecule has 8 nitrogen and oxygen atoms in total. The van der Waals surface area contributed by atoms with Crippen LogP contribution in [0, 0.1) is 11.6 Å². The van der Waals surface area contributed by atoms with Gasteiger partial charge in [0.05, 0.1) is 17.7 Å². The molecule has 4 rings (SSSR count). The average molecular weight is 600 g/mol. The second-order valence-corrected chi connectivity index (χ2v) is 11.3. The van der Waals surface area contributed by atoms with Crippen LogP contribution < -0.4 is 10.6 Å². The molecule has 0 aliphatic rings. The van der Waals surface area contributed by atoms with Crippen molar-refractivity contribution in [2.24, 2.45) is 0 Å². The van der Waals surface area contributed by atoms with Crippen LogP contribution in [0.1, 0.15) is 38.6 Å². The van der Waals surface area contributed by atoms with Crippen LogP contribution in [0.25, 0.3) is 0 Å². The number of hydrogen-bond donors (Lipinski definition) is 2. The number of halogens is 3. The number of rotatable bonds is 10. The quantitative estimate of drug-likeness (QED) is 0.249. The van der Waals surface area contributed by atoms with Crippen molar-refractivity contribution >= 4 is 33.3 Å². The van der Waals surface area contributed by atoms with Crippen molar-refractivity contribution in [1.82, 2.24) is 15.6 Å². The Morgan fingerprint density at radius 3 is 2.27 bits per heavy atom. The molecule has 0 bridgehead atoms. The molecule has 2 N–H and O–H groups in total. The Bertz CT molecular complexity index is 1640. The Kier molecular flexibility index (Phi) is 9.43. The lowest BCUT2D eigenvalue weighted by Gasteiger charge is -2.19. The minimum absolute atomic E-state index is 0.00683. The summed E-state index contributed by atoms with van der Waals surface area (Å²) in [6.07, 6.45) is 1.50. The Labute approximate surface area is 240 Å². The fourth-order valence-electron chi connectivity index (χ4n) is 3.95. The van der Waals surface area contributed by atoms with Crippen molar-refractivity contribution in [3.05, 3.63) is 130 Å². The van der Waals surface area contributed by atoms with Gasteiger partial charge in [0.25, 0.3) is 5.91 Å². The maximum Gasteiger partial charge on any atom is 0.333 e. The minimum atomic E-state index is -3.91. The van der Waals surface area contributed by atoms with Crippen molar-refractivity contribution in [3.63, 3.8) is 0 Å². The zero-order chi connectivity index (χ0) is 29.6. The summed E-state index contributed by atoms with van der Waals surface area (Å²) < 4.78 is 58.7. The molecule has 1 heterocycles. The van der Waals surface area contributed by atoms with Gasteiger partial charge in [0.15, 0.2) is 32.9 Å². The number of hydrogen-bond acceptors (Lipinski definition) is 7. The smallest absolute Gasteiger partial charge is 0.333 e. The van der Waals surface area contributed by atoms with E-state index in [4.69, 9.17) is 16.3 Å². The van der Waals surface area contributed by atoms with E-state index in [1.807, 2.05) is 0 Å². The van der Waals surface area contributed by atoms with Gasteiger partial charge >= 0.3 is 5.97 Å². The molecule has 0 saturated heterocycles. The Morgan fingerprint density at radius 1 is 0.951 bits per heavy atom. The fraction of sp³-hybridized carbons (Fsp3) is 0.138. The molecule has 0 fully saturated rings. The maximum absolute atomic E-state index is 13.7. The van der Waals surface area contributed by atoms with E-state index in [0.717, 1.165) is 19.2 Å². The second kappa shape index (κ2) is 13.0. The van der Waals surface area contributed by atoms with Gasteiger partial charge in [-0.3, -0.25) is 15.1 Å². The normalized spacial score (nSPS) is 12.8. The lowest BCUT2D eigenvalue weighted by atomic mass is 10.1. The lowest BCUT2D eigenvalue weighted by molar-refractivity contribution is -0.143. The van der Waals surface area contributed by atoms with Crippen molar-refractivity contribution in [1.29, 1.82) is 0 Å². The third-order valence-electron chi connectivity index (χ3n) is 6.11. The van der Waals surface area contributed by atoms with Gasteiger partial charge < -0.3 is 10.1 Å². The first-order chi connectivity index (χ1) is 19.6. The molecule has 41 heavy (non-hydrogen) atoms. The molecule has 0 aliphatic carbocycles. The average Bonchev–Trinajstić information content (AvgIpc) is 2.98. The van der Waals surface area contributed by atoms with E-state index in [1.54, 1.807) is 30.3 Å². The van der Waals surface area contributed by atoms with E-state index in [-0.39, 0.29) is 22.6 Å². The largest absolute Gasteiger partial charge is 0.467 e. The molecule has 1 amide bonds.